The highest BCUT2D eigenvalue weighted by Gasteiger charge is 2.24. The van der Waals surface area contributed by atoms with Crippen molar-refractivity contribution in [1.82, 2.24) is 0 Å². The van der Waals surface area contributed by atoms with E-state index in [-0.39, 0.29) is 0 Å². The largest absolute Gasteiger partial charge is 0.381 e. The minimum absolute atomic E-state index is 0.416. The van der Waals surface area contributed by atoms with E-state index in [1.165, 1.54) is 0 Å². The molecule has 5 heteroatoms. The number of hydrogen-bond acceptors (Lipinski definition) is 3. The maximum absolute atomic E-state index is 10.5. The quantitative estimate of drug-likeness (QED) is 0.559. The van der Waals surface area contributed by atoms with E-state index in [1.54, 1.807) is 0 Å². The molecule has 0 aromatic heterocycles. The van der Waals surface area contributed by atoms with E-state index in [9.17, 15) is 8.42 Å². The Kier molecular flexibility index (Phi) is 2.28. The van der Waals surface area contributed by atoms with Crippen molar-refractivity contribution < 1.29 is 17.7 Å². The van der Waals surface area contributed by atoms with Gasteiger partial charge >= 0.3 is 0 Å². The van der Waals surface area contributed by atoms with Crippen LogP contribution in [-0.2, 0) is 14.9 Å². The first-order valence-corrected chi connectivity index (χ1v) is 4.65. The zero-order valence-corrected chi connectivity index (χ0v) is 6.30. The highest BCUT2D eigenvalue weighted by atomic mass is 32.2. The van der Waals surface area contributed by atoms with E-state index in [0.29, 0.717) is 26.1 Å². The van der Waals surface area contributed by atoms with Gasteiger partial charge in [-0.2, -0.15) is 8.42 Å². The zero-order chi connectivity index (χ0) is 7.61. The van der Waals surface area contributed by atoms with Crippen molar-refractivity contribution in [1.29, 1.82) is 0 Å². The van der Waals surface area contributed by atoms with Gasteiger partial charge in [-0.3, -0.25) is 4.55 Å². The highest BCUT2D eigenvalue weighted by molar-refractivity contribution is 7.86. The van der Waals surface area contributed by atoms with Gasteiger partial charge in [-0.15, -0.1) is 0 Å². The molecular weight excluding hydrogens is 156 g/mol. The first kappa shape index (κ1) is 7.97. The monoisotopic (exact) mass is 166 g/mol. The second kappa shape index (κ2) is 2.86. The average molecular weight is 166 g/mol. The van der Waals surface area contributed by atoms with Crippen LogP contribution in [0.3, 0.4) is 0 Å². The van der Waals surface area contributed by atoms with Gasteiger partial charge in [0.05, 0.1) is 5.25 Å². The summed E-state index contributed by atoms with van der Waals surface area (Å²) in [6.07, 6.45) is 0.831. The summed E-state index contributed by atoms with van der Waals surface area (Å²) in [6, 6.07) is 0. The van der Waals surface area contributed by atoms with Crippen LogP contribution in [-0.4, -0.2) is 31.4 Å². The molecule has 1 fully saturated rings. The molecule has 1 aliphatic heterocycles. The first-order valence-electron chi connectivity index (χ1n) is 3.15. The van der Waals surface area contributed by atoms with E-state index in [0.717, 1.165) is 0 Å². The fourth-order valence-electron chi connectivity index (χ4n) is 0.974. The van der Waals surface area contributed by atoms with Crippen LogP contribution in [0, 0.1) is 0 Å². The second-order valence-electron chi connectivity index (χ2n) is 2.33. The predicted octanol–water partition coefficient (Wildman–Crippen LogP) is 0.0532. The van der Waals surface area contributed by atoms with Gasteiger partial charge in [-0.25, -0.2) is 0 Å². The third kappa shape index (κ3) is 1.93. The number of ether oxygens (including phenoxy) is 1. The summed E-state index contributed by atoms with van der Waals surface area (Å²) in [6.45, 7) is 0.870. The Morgan fingerprint density at radius 3 is 2.10 bits per heavy atom. The molecule has 0 unspecified atom stereocenters. The molecule has 0 amide bonds. The van der Waals surface area contributed by atoms with Crippen molar-refractivity contribution in [3.8, 4) is 0 Å². The SMILES string of the molecule is O=S(=O)(O)C1CCOCC1. The lowest BCUT2D eigenvalue weighted by molar-refractivity contribution is 0.0969. The molecule has 10 heavy (non-hydrogen) atoms. The van der Waals surface area contributed by atoms with Crippen molar-refractivity contribution in [2.45, 2.75) is 18.1 Å². The molecule has 1 aliphatic rings. The van der Waals surface area contributed by atoms with Crippen LogP contribution in [0.15, 0.2) is 0 Å². The molecule has 0 saturated carbocycles. The maximum atomic E-state index is 10.5. The van der Waals surface area contributed by atoms with E-state index >= 15 is 0 Å². The van der Waals surface area contributed by atoms with Gasteiger partial charge in [-0.1, -0.05) is 0 Å². The standard InChI is InChI=1S/C5H10O4S/c6-10(7,8)5-1-3-9-4-2-5/h5H,1-4H2,(H,6,7,8). The molecule has 1 rings (SSSR count). The Morgan fingerprint density at radius 2 is 1.80 bits per heavy atom. The van der Waals surface area contributed by atoms with E-state index in [1.807, 2.05) is 0 Å². The van der Waals surface area contributed by atoms with E-state index in [4.69, 9.17) is 9.29 Å². The van der Waals surface area contributed by atoms with Crippen molar-refractivity contribution in [2.75, 3.05) is 13.2 Å². The lowest BCUT2D eigenvalue weighted by Crippen LogP contribution is -2.28. The van der Waals surface area contributed by atoms with E-state index in [2.05, 4.69) is 0 Å². The fourth-order valence-corrected chi connectivity index (χ4v) is 1.76. The Labute approximate surface area is 59.9 Å². The summed E-state index contributed by atoms with van der Waals surface area (Å²) in [4.78, 5) is 0. The molecule has 0 radical (unpaired) electrons. The normalized spacial score (nSPS) is 22.9. The van der Waals surface area contributed by atoms with Crippen LogP contribution in [0.5, 0.6) is 0 Å². The summed E-state index contributed by atoms with van der Waals surface area (Å²) in [5.41, 5.74) is 0. The van der Waals surface area contributed by atoms with Gasteiger partial charge in [0.1, 0.15) is 0 Å². The van der Waals surface area contributed by atoms with Crippen LogP contribution < -0.4 is 0 Å². The smallest absolute Gasteiger partial charge is 0.267 e. The van der Waals surface area contributed by atoms with Crippen molar-refractivity contribution >= 4 is 10.1 Å². The second-order valence-corrected chi connectivity index (χ2v) is 4.02. The zero-order valence-electron chi connectivity index (χ0n) is 5.49. The van der Waals surface area contributed by atoms with Gasteiger partial charge in [-0.05, 0) is 12.8 Å². The van der Waals surface area contributed by atoms with Crippen LogP contribution in [0.2, 0.25) is 0 Å². The van der Waals surface area contributed by atoms with Crippen LogP contribution in [0.25, 0.3) is 0 Å². The molecule has 0 bridgehead atoms. The molecule has 1 N–H and O–H groups in total. The average Bonchev–Trinajstić information content (AvgIpc) is 1.88. The summed E-state index contributed by atoms with van der Waals surface area (Å²) >= 11 is 0. The van der Waals surface area contributed by atoms with Crippen LogP contribution >= 0.6 is 0 Å². The summed E-state index contributed by atoms with van der Waals surface area (Å²) in [5, 5.41) is -0.596. The summed E-state index contributed by atoms with van der Waals surface area (Å²) in [5.74, 6) is 0. The molecule has 0 aliphatic carbocycles. The minimum atomic E-state index is -3.81. The Hall–Kier alpha value is -0.130. The molecule has 0 aromatic rings. The lowest BCUT2D eigenvalue weighted by Gasteiger charge is -2.18. The molecule has 1 heterocycles. The van der Waals surface area contributed by atoms with Crippen molar-refractivity contribution in [2.24, 2.45) is 0 Å². The molecular formula is C5H10O4S. The van der Waals surface area contributed by atoms with Crippen molar-refractivity contribution in [3.05, 3.63) is 0 Å². The first-order chi connectivity index (χ1) is 4.61. The Morgan fingerprint density at radius 1 is 1.30 bits per heavy atom. The topological polar surface area (TPSA) is 63.6 Å². The van der Waals surface area contributed by atoms with Gasteiger partial charge in [0.2, 0.25) is 0 Å². The predicted molar refractivity (Wildman–Crippen MR) is 35.4 cm³/mol. The molecule has 0 atom stereocenters. The Balaban J connectivity index is 2.56. The summed E-state index contributed by atoms with van der Waals surface area (Å²) < 4.78 is 34.5. The molecule has 60 valence electrons. The fraction of sp³-hybridized carbons (Fsp3) is 1.00. The van der Waals surface area contributed by atoms with E-state index < -0.39 is 15.4 Å². The van der Waals surface area contributed by atoms with Crippen molar-refractivity contribution in [3.63, 3.8) is 0 Å². The highest BCUT2D eigenvalue weighted by Crippen LogP contribution is 2.13. The van der Waals surface area contributed by atoms with Gasteiger partial charge in [0.15, 0.2) is 0 Å². The minimum Gasteiger partial charge on any atom is -0.381 e. The number of hydrogen-bond donors (Lipinski definition) is 1. The molecule has 0 aromatic carbocycles. The third-order valence-corrected chi connectivity index (χ3v) is 2.90. The molecule has 4 nitrogen and oxygen atoms in total. The van der Waals surface area contributed by atoms with Gasteiger partial charge in [0.25, 0.3) is 10.1 Å². The van der Waals surface area contributed by atoms with Gasteiger partial charge in [0, 0.05) is 13.2 Å². The molecule has 1 saturated heterocycles. The number of rotatable bonds is 1. The summed E-state index contributed by atoms with van der Waals surface area (Å²) in [7, 11) is -3.81. The van der Waals surface area contributed by atoms with Crippen LogP contribution in [0.1, 0.15) is 12.8 Å². The van der Waals surface area contributed by atoms with Gasteiger partial charge < -0.3 is 4.74 Å². The lowest BCUT2D eigenvalue weighted by atomic mass is 10.2. The molecule has 0 spiro atoms. The third-order valence-electron chi connectivity index (χ3n) is 1.59. The Bertz CT molecular complexity index is 190. The van der Waals surface area contributed by atoms with Crippen LogP contribution in [0.4, 0.5) is 0 Å². The maximum Gasteiger partial charge on any atom is 0.267 e.